The Morgan fingerprint density at radius 3 is 2.40 bits per heavy atom. The van der Waals surface area contributed by atoms with Gasteiger partial charge in [-0.1, -0.05) is 30.3 Å². The maximum Gasteiger partial charge on any atom is 0.326 e. The van der Waals surface area contributed by atoms with Crippen LogP contribution in [0.1, 0.15) is 15.9 Å². The predicted octanol–water partition coefficient (Wildman–Crippen LogP) is 0.902. The van der Waals surface area contributed by atoms with Crippen LogP contribution in [0.2, 0.25) is 0 Å². The summed E-state index contributed by atoms with van der Waals surface area (Å²) < 4.78 is 0. The van der Waals surface area contributed by atoms with E-state index in [9.17, 15) is 14.7 Å². The Labute approximate surface area is 115 Å². The minimum Gasteiger partial charge on any atom is -0.480 e. The molecule has 102 valence electrons. The van der Waals surface area contributed by atoms with E-state index in [1.807, 2.05) is 30.3 Å². The average molecular weight is 271 g/mol. The van der Waals surface area contributed by atoms with Gasteiger partial charge in [0, 0.05) is 18.8 Å². The summed E-state index contributed by atoms with van der Waals surface area (Å²) in [5, 5.41) is 11.6. The lowest BCUT2D eigenvalue weighted by molar-refractivity contribution is -0.139. The molecule has 6 nitrogen and oxygen atoms in total. The highest BCUT2D eigenvalue weighted by Gasteiger charge is 2.21. The summed E-state index contributed by atoms with van der Waals surface area (Å²) in [6, 6.07) is 8.12. The number of nitrogens with zero attached hydrogens (tertiary/aromatic N) is 2. The SMILES string of the molecule is O=C(N[C@@H](Cc1ccccc1)C(=O)O)c1cncnc1. The zero-order valence-corrected chi connectivity index (χ0v) is 10.6. The van der Waals surface area contributed by atoms with Gasteiger partial charge >= 0.3 is 5.97 Å². The standard InChI is InChI=1S/C14H13N3O3/c18-13(11-7-15-9-16-8-11)17-12(14(19)20)6-10-4-2-1-3-5-10/h1-5,7-9,12H,6H2,(H,17,18)(H,19,20)/t12-/m0/s1. The molecule has 1 aromatic carbocycles. The summed E-state index contributed by atoms with van der Waals surface area (Å²) >= 11 is 0. The molecule has 0 saturated carbocycles. The maximum absolute atomic E-state index is 11.9. The third-order valence-electron chi connectivity index (χ3n) is 2.71. The molecule has 0 aliphatic carbocycles. The van der Waals surface area contributed by atoms with Gasteiger partial charge in [0.2, 0.25) is 0 Å². The van der Waals surface area contributed by atoms with Gasteiger partial charge in [-0.25, -0.2) is 14.8 Å². The molecular weight excluding hydrogens is 258 g/mol. The van der Waals surface area contributed by atoms with E-state index < -0.39 is 17.9 Å². The largest absolute Gasteiger partial charge is 0.480 e. The van der Waals surface area contributed by atoms with Crippen molar-refractivity contribution in [2.24, 2.45) is 0 Å². The van der Waals surface area contributed by atoms with Crippen LogP contribution < -0.4 is 5.32 Å². The number of nitrogens with one attached hydrogen (secondary N) is 1. The highest BCUT2D eigenvalue weighted by molar-refractivity contribution is 5.96. The van der Waals surface area contributed by atoms with Gasteiger partial charge in [-0.15, -0.1) is 0 Å². The van der Waals surface area contributed by atoms with Crippen LogP contribution in [0.5, 0.6) is 0 Å². The van der Waals surface area contributed by atoms with Gasteiger partial charge in [-0.05, 0) is 5.56 Å². The van der Waals surface area contributed by atoms with Crippen molar-refractivity contribution in [2.45, 2.75) is 12.5 Å². The fourth-order valence-electron chi connectivity index (χ4n) is 1.71. The fraction of sp³-hybridized carbons (Fsp3) is 0.143. The van der Waals surface area contributed by atoms with Crippen LogP contribution in [-0.4, -0.2) is 33.0 Å². The summed E-state index contributed by atoms with van der Waals surface area (Å²) in [6.45, 7) is 0. The zero-order valence-electron chi connectivity index (χ0n) is 10.6. The Balaban J connectivity index is 2.07. The van der Waals surface area contributed by atoms with E-state index in [2.05, 4.69) is 15.3 Å². The van der Waals surface area contributed by atoms with E-state index in [1.165, 1.54) is 18.7 Å². The van der Waals surface area contributed by atoms with Crippen molar-refractivity contribution in [3.05, 3.63) is 60.2 Å². The van der Waals surface area contributed by atoms with E-state index in [0.29, 0.717) is 0 Å². The molecule has 0 aliphatic rings. The van der Waals surface area contributed by atoms with Gasteiger partial charge in [-0.2, -0.15) is 0 Å². The Bertz CT molecular complexity index is 587. The molecule has 0 saturated heterocycles. The van der Waals surface area contributed by atoms with Crippen LogP contribution in [0.4, 0.5) is 0 Å². The first-order valence-electron chi connectivity index (χ1n) is 5.99. The first-order chi connectivity index (χ1) is 9.66. The molecular formula is C14H13N3O3. The number of hydrogen-bond acceptors (Lipinski definition) is 4. The molecule has 20 heavy (non-hydrogen) atoms. The quantitative estimate of drug-likeness (QED) is 0.843. The average Bonchev–Trinajstić information content (AvgIpc) is 2.48. The molecule has 0 fully saturated rings. The van der Waals surface area contributed by atoms with Gasteiger partial charge in [0.1, 0.15) is 12.4 Å². The van der Waals surface area contributed by atoms with Gasteiger partial charge < -0.3 is 10.4 Å². The Kier molecular flexibility index (Phi) is 4.39. The highest BCUT2D eigenvalue weighted by Crippen LogP contribution is 2.04. The summed E-state index contributed by atoms with van der Waals surface area (Å²) in [5.41, 5.74) is 1.07. The Morgan fingerprint density at radius 2 is 1.80 bits per heavy atom. The molecule has 6 heteroatoms. The van der Waals surface area contributed by atoms with Gasteiger partial charge in [0.15, 0.2) is 0 Å². The maximum atomic E-state index is 11.9. The lowest BCUT2D eigenvalue weighted by Gasteiger charge is -2.14. The highest BCUT2D eigenvalue weighted by atomic mass is 16.4. The lowest BCUT2D eigenvalue weighted by Crippen LogP contribution is -2.42. The minimum atomic E-state index is -1.08. The van der Waals surface area contributed by atoms with E-state index in [1.54, 1.807) is 0 Å². The first kappa shape index (κ1) is 13.7. The normalized spacial score (nSPS) is 11.6. The minimum absolute atomic E-state index is 0.218. The molecule has 2 N–H and O–H groups in total. The van der Waals surface area contributed by atoms with Crippen LogP contribution in [0, 0.1) is 0 Å². The number of carbonyl (C=O) groups is 2. The van der Waals surface area contributed by atoms with Crippen molar-refractivity contribution in [3.63, 3.8) is 0 Å². The van der Waals surface area contributed by atoms with E-state index in [4.69, 9.17) is 0 Å². The monoisotopic (exact) mass is 271 g/mol. The molecule has 1 atom stereocenters. The first-order valence-corrected chi connectivity index (χ1v) is 5.99. The van der Waals surface area contributed by atoms with Crippen LogP contribution >= 0.6 is 0 Å². The molecule has 2 aromatic rings. The van der Waals surface area contributed by atoms with Crippen LogP contribution in [0.3, 0.4) is 0 Å². The predicted molar refractivity (Wildman–Crippen MR) is 71.1 cm³/mol. The van der Waals surface area contributed by atoms with Crippen molar-refractivity contribution in [2.75, 3.05) is 0 Å². The van der Waals surface area contributed by atoms with Crippen molar-refractivity contribution in [1.29, 1.82) is 0 Å². The van der Waals surface area contributed by atoms with Gasteiger partial charge in [0.05, 0.1) is 5.56 Å². The number of rotatable bonds is 5. The molecule has 0 unspecified atom stereocenters. The van der Waals surface area contributed by atoms with Gasteiger partial charge in [-0.3, -0.25) is 4.79 Å². The summed E-state index contributed by atoms with van der Waals surface area (Å²) in [5.74, 6) is -1.59. The molecule has 1 amide bonds. The Hall–Kier alpha value is -2.76. The molecule has 0 radical (unpaired) electrons. The third-order valence-corrected chi connectivity index (χ3v) is 2.71. The van der Waals surface area contributed by atoms with Crippen LogP contribution in [0.15, 0.2) is 49.1 Å². The lowest BCUT2D eigenvalue weighted by atomic mass is 10.1. The Morgan fingerprint density at radius 1 is 1.15 bits per heavy atom. The number of carboxylic acid groups (broad SMARTS) is 1. The molecule has 1 heterocycles. The summed E-state index contributed by atoms with van der Waals surface area (Å²) in [7, 11) is 0. The fourth-order valence-corrected chi connectivity index (χ4v) is 1.71. The van der Waals surface area contributed by atoms with Crippen molar-refractivity contribution in [1.82, 2.24) is 15.3 Å². The smallest absolute Gasteiger partial charge is 0.326 e. The number of hydrogen-bond donors (Lipinski definition) is 2. The molecule has 2 rings (SSSR count). The second-order valence-corrected chi connectivity index (χ2v) is 4.18. The van der Waals surface area contributed by atoms with Gasteiger partial charge in [0.25, 0.3) is 5.91 Å². The number of aromatic nitrogens is 2. The second kappa shape index (κ2) is 6.42. The number of carbonyl (C=O) groups excluding carboxylic acids is 1. The number of carboxylic acids is 1. The van der Waals surface area contributed by atoms with Crippen molar-refractivity contribution >= 4 is 11.9 Å². The topological polar surface area (TPSA) is 92.2 Å². The summed E-state index contributed by atoms with van der Waals surface area (Å²) in [6.07, 6.45) is 4.19. The van der Waals surface area contributed by atoms with E-state index >= 15 is 0 Å². The third kappa shape index (κ3) is 3.61. The van der Waals surface area contributed by atoms with Crippen LogP contribution in [-0.2, 0) is 11.2 Å². The van der Waals surface area contributed by atoms with Crippen molar-refractivity contribution in [3.8, 4) is 0 Å². The molecule has 0 aliphatic heterocycles. The second-order valence-electron chi connectivity index (χ2n) is 4.18. The number of amides is 1. The van der Waals surface area contributed by atoms with Crippen molar-refractivity contribution < 1.29 is 14.7 Å². The molecule has 1 aromatic heterocycles. The molecule has 0 bridgehead atoms. The van der Waals surface area contributed by atoms with E-state index in [-0.39, 0.29) is 12.0 Å². The number of aliphatic carboxylic acids is 1. The number of benzene rings is 1. The zero-order chi connectivity index (χ0) is 14.4. The molecule has 0 spiro atoms. The van der Waals surface area contributed by atoms with E-state index in [0.717, 1.165) is 5.56 Å². The van der Waals surface area contributed by atoms with Crippen LogP contribution in [0.25, 0.3) is 0 Å². The summed E-state index contributed by atoms with van der Waals surface area (Å²) in [4.78, 5) is 30.6.